The van der Waals surface area contributed by atoms with E-state index in [1.807, 2.05) is 23.6 Å². The third-order valence-electron chi connectivity index (χ3n) is 2.51. The zero-order valence-corrected chi connectivity index (χ0v) is 12.2. The highest BCUT2D eigenvalue weighted by molar-refractivity contribution is 7.12. The second-order valence-electron chi connectivity index (χ2n) is 3.98. The molecule has 0 aliphatic rings. The third-order valence-corrected chi connectivity index (χ3v) is 3.41. The van der Waals surface area contributed by atoms with E-state index in [0.717, 1.165) is 4.88 Å². The number of amidine groups is 1. The fraction of sp³-hybridized carbons (Fsp3) is 0.143. The predicted molar refractivity (Wildman–Crippen MR) is 82.6 cm³/mol. The third kappa shape index (κ3) is 4.22. The number of para-hydroxylation sites is 2. The molecule has 1 aromatic heterocycles. The van der Waals surface area contributed by atoms with E-state index in [-0.39, 0.29) is 18.3 Å². The average molecular weight is 305 g/mol. The van der Waals surface area contributed by atoms with Gasteiger partial charge in [0.05, 0.1) is 17.7 Å². The van der Waals surface area contributed by atoms with Crippen molar-refractivity contribution in [3.8, 4) is 5.75 Å². The molecule has 0 unspecified atom stereocenters. The van der Waals surface area contributed by atoms with Crippen molar-refractivity contribution in [2.24, 2.45) is 10.9 Å². The fourth-order valence-electron chi connectivity index (χ4n) is 1.56. The lowest BCUT2D eigenvalue weighted by Crippen LogP contribution is -2.19. The van der Waals surface area contributed by atoms with Crippen LogP contribution < -0.4 is 15.8 Å². The van der Waals surface area contributed by atoms with Crippen LogP contribution in [0.2, 0.25) is 0 Å². The molecule has 2 aromatic rings. The molecule has 0 saturated carbocycles. The summed E-state index contributed by atoms with van der Waals surface area (Å²) < 4.78 is 5.14. The molecule has 0 saturated heterocycles. The van der Waals surface area contributed by atoms with Gasteiger partial charge in [0.15, 0.2) is 12.4 Å². The second kappa shape index (κ2) is 7.30. The SMILES string of the molecule is COc1ccccc1NC(=O)CO/N=C(\N)c1cccs1. The molecule has 2 rings (SSSR count). The highest BCUT2D eigenvalue weighted by Gasteiger charge is 2.07. The summed E-state index contributed by atoms with van der Waals surface area (Å²) >= 11 is 1.44. The summed E-state index contributed by atoms with van der Waals surface area (Å²) in [4.78, 5) is 17.5. The number of carbonyl (C=O) groups excluding carboxylic acids is 1. The summed E-state index contributed by atoms with van der Waals surface area (Å²) in [7, 11) is 1.54. The minimum Gasteiger partial charge on any atom is -0.495 e. The molecule has 0 aliphatic heterocycles. The first kappa shape index (κ1) is 14.9. The largest absolute Gasteiger partial charge is 0.495 e. The molecule has 1 heterocycles. The van der Waals surface area contributed by atoms with Gasteiger partial charge in [-0.25, -0.2) is 0 Å². The van der Waals surface area contributed by atoms with Gasteiger partial charge < -0.3 is 20.6 Å². The van der Waals surface area contributed by atoms with Gasteiger partial charge in [0.2, 0.25) is 0 Å². The molecule has 110 valence electrons. The maximum Gasteiger partial charge on any atom is 0.265 e. The van der Waals surface area contributed by atoms with E-state index in [1.165, 1.54) is 18.4 Å². The minimum absolute atomic E-state index is 0.232. The Labute approximate surface area is 126 Å². The van der Waals surface area contributed by atoms with Gasteiger partial charge in [0, 0.05) is 0 Å². The molecule has 0 bridgehead atoms. The summed E-state index contributed by atoms with van der Waals surface area (Å²) in [5.41, 5.74) is 6.28. The van der Waals surface area contributed by atoms with Crippen LogP contribution in [0.15, 0.2) is 46.9 Å². The van der Waals surface area contributed by atoms with Gasteiger partial charge in [-0.05, 0) is 23.6 Å². The molecule has 1 aromatic carbocycles. The summed E-state index contributed by atoms with van der Waals surface area (Å²) in [5.74, 6) is 0.477. The van der Waals surface area contributed by atoms with Crippen molar-refractivity contribution in [1.82, 2.24) is 0 Å². The van der Waals surface area contributed by atoms with Gasteiger partial charge in [0.1, 0.15) is 5.75 Å². The Morgan fingerprint density at radius 3 is 2.86 bits per heavy atom. The minimum atomic E-state index is -0.345. The van der Waals surface area contributed by atoms with E-state index in [2.05, 4.69) is 10.5 Å². The van der Waals surface area contributed by atoms with Gasteiger partial charge in [0.25, 0.3) is 5.91 Å². The van der Waals surface area contributed by atoms with Crippen LogP contribution in [-0.2, 0) is 9.63 Å². The Hall–Kier alpha value is -2.54. The van der Waals surface area contributed by atoms with E-state index < -0.39 is 0 Å². The van der Waals surface area contributed by atoms with Crippen LogP contribution >= 0.6 is 11.3 Å². The van der Waals surface area contributed by atoms with Gasteiger partial charge in [-0.2, -0.15) is 0 Å². The zero-order chi connectivity index (χ0) is 15.1. The molecule has 21 heavy (non-hydrogen) atoms. The molecule has 7 heteroatoms. The smallest absolute Gasteiger partial charge is 0.265 e. The van der Waals surface area contributed by atoms with Crippen LogP contribution in [0.25, 0.3) is 0 Å². The maximum absolute atomic E-state index is 11.7. The summed E-state index contributed by atoms with van der Waals surface area (Å²) in [6, 6.07) is 10.8. The normalized spacial score (nSPS) is 11.0. The molecular formula is C14H15N3O3S. The number of thiophene rings is 1. The summed E-state index contributed by atoms with van der Waals surface area (Å²) in [6.45, 7) is -0.232. The van der Waals surface area contributed by atoms with Crippen molar-refractivity contribution in [2.75, 3.05) is 19.0 Å². The number of ether oxygens (including phenoxy) is 1. The van der Waals surface area contributed by atoms with Crippen molar-refractivity contribution in [3.05, 3.63) is 46.7 Å². The van der Waals surface area contributed by atoms with E-state index >= 15 is 0 Å². The number of hydrogen-bond acceptors (Lipinski definition) is 5. The van der Waals surface area contributed by atoms with E-state index in [0.29, 0.717) is 11.4 Å². The standard InChI is InChI=1S/C14H15N3O3S/c1-19-11-6-3-2-5-10(11)16-13(18)9-20-17-14(15)12-7-4-8-21-12/h2-8H,9H2,1H3,(H2,15,17)(H,16,18). The highest BCUT2D eigenvalue weighted by Crippen LogP contribution is 2.22. The number of carbonyl (C=O) groups is 1. The van der Waals surface area contributed by atoms with Crippen molar-refractivity contribution < 1.29 is 14.4 Å². The molecule has 1 amide bonds. The van der Waals surface area contributed by atoms with Crippen molar-refractivity contribution >= 4 is 28.8 Å². The average Bonchev–Trinajstić information content (AvgIpc) is 3.02. The number of anilines is 1. The van der Waals surface area contributed by atoms with E-state index in [4.69, 9.17) is 15.3 Å². The quantitative estimate of drug-likeness (QED) is 0.486. The molecule has 6 nitrogen and oxygen atoms in total. The number of nitrogens with zero attached hydrogens (tertiary/aromatic N) is 1. The van der Waals surface area contributed by atoms with Gasteiger partial charge in [-0.3, -0.25) is 4.79 Å². The monoisotopic (exact) mass is 305 g/mol. The van der Waals surface area contributed by atoms with Crippen LogP contribution in [0.3, 0.4) is 0 Å². The lowest BCUT2D eigenvalue weighted by molar-refractivity contribution is -0.120. The van der Waals surface area contributed by atoms with Gasteiger partial charge >= 0.3 is 0 Å². The second-order valence-corrected chi connectivity index (χ2v) is 4.92. The lowest BCUT2D eigenvalue weighted by Gasteiger charge is -2.09. The molecule has 0 aliphatic carbocycles. The van der Waals surface area contributed by atoms with Crippen LogP contribution in [0.1, 0.15) is 4.88 Å². The number of rotatable bonds is 6. The first-order valence-corrected chi connectivity index (χ1v) is 7.01. The molecule has 3 N–H and O–H groups in total. The maximum atomic E-state index is 11.7. The summed E-state index contributed by atoms with van der Waals surface area (Å²) in [5, 5.41) is 8.26. The Morgan fingerprint density at radius 2 is 2.14 bits per heavy atom. The number of benzene rings is 1. The van der Waals surface area contributed by atoms with Crippen LogP contribution in [-0.4, -0.2) is 25.5 Å². The van der Waals surface area contributed by atoms with Gasteiger partial charge in [-0.15, -0.1) is 11.3 Å². The Balaban J connectivity index is 1.86. The van der Waals surface area contributed by atoms with Crippen molar-refractivity contribution in [1.29, 1.82) is 0 Å². The molecule has 0 atom stereocenters. The number of methoxy groups -OCH3 is 1. The fourth-order valence-corrected chi connectivity index (χ4v) is 2.18. The van der Waals surface area contributed by atoms with Crippen LogP contribution in [0.4, 0.5) is 5.69 Å². The molecule has 0 radical (unpaired) electrons. The zero-order valence-electron chi connectivity index (χ0n) is 11.4. The van der Waals surface area contributed by atoms with E-state index in [9.17, 15) is 4.79 Å². The van der Waals surface area contributed by atoms with Crippen molar-refractivity contribution in [2.45, 2.75) is 0 Å². The van der Waals surface area contributed by atoms with Crippen LogP contribution in [0.5, 0.6) is 5.75 Å². The predicted octanol–water partition coefficient (Wildman–Crippen LogP) is 2.03. The molecular weight excluding hydrogens is 290 g/mol. The first-order chi connectivity index (χ1) is 10.2. The van der Waals surface area contributed by atoms with Crippen LogP contribution in [0, 0.1) is 0 Å². The Kier molecular flexibility index (Phi) is 5.16. The van der Waals surface area contributed by atoms with E-state index in [1.54, 1.807) is 18.2 Å². The first-order valence-electron chi connectivity index (χ1n) is 6.13. The van der Waals surface area contributed by atoms with Gasteiger partial charge in [-0.1, -0.05) is 23.4 Å². The number of nitrogens with two attached hydrogens (primary N) is 1. The highest BCUT2D eigenvalue weighted by atomic mass is 32.1. The Bertz CT molecular complexity index is 626. The topological polar surface area (TPSA) is 85.9 Å². The molecule has 0 spiro atoms. The summed E-state index contributed by atoms with van der Waals surface area (Å²) in [6.07, 6.45) is 0. The number of oxime groups is 1. The number of hydrogen-bond donors (Lipinski definition) is 2. The molecule has 0 fully saturated rings. The van der Waals surface area contributed by atoms with Crippen molar-refractivity contribution in [3.63, 3.8) is 0 Å². The Morgan fingerprint density at radius 1 is 1.33 bits per heavy atom. The number of amides is 1. The lowest BCUT2D eigenvalue weighted by atomic mass is 10.3. The number of nitrogens with one attached hydrogen (secondary N) is 1.